The molecule has 1 aliphatic heterocycles. The van der Waals surface area contributed by atoms with E-state index in [1.807, 2.05) is 54.6 Å². The van der Waals surface area contributed by atoms with Gasteiger partial charge in [-0.05, 0) is 29.8 Å². The van der Waals surface area contributed by atoms with Crippen molar-refractivity contribution in [3.8, 4) is 28.8 Å². The second-order valence-corrected chi connectivity index (χ2v) is 9.16. The number of aromatic nitrogens is 5. The van der Waals surface area contributed by atoms with Gasteiger partial charge in [0.2, 0.25) is 5.88 Å². The number of rotatable bonds is 3. The number of hydrogen-bond acceptors (Lipinski definition) is 6. The van der Waals surface area contributed by atoms with Gasteiger partial charge in [-0.1, -0.05) is 54.1 Å². The van der Waals surface area contributed by atoms with E-state index in [9.17, 15) is 4.79 Å². The van der Waals surface area contributed by atoms with Crippen LogP contribution in [-0.4, -0.2) is 31.7 Å². The van der Waals surface area contributed by atoms with Crippen LogP contribution in [0.4, 0.5) is 0 Å². The monoisotopic (exact) mass is 507 g/mol. The molecule has 0 bridgehead atoms. The highest BCUT2D eigenvalue weighted by molar-refractivity contribution is 6.30. The first-order valence-corrected chi connectivity index (χ1v) is 12.0. The summed E-state index contributed by atoms with van der Waals surface area (Å²) in [6, 6.07) is 22.6. The molecule has 0 saturated carbocycles. The summed E-state index contributed by atoms with van der Waals surface area (Å²) < 4.78 is 13.3. The fourth-order valence-corrected chi connectivity index (χ4v) is 5.02. The molecule has 4 heterocycles. The Bertz CT molecular complexity index is 1880. The maximum absolute atomic E-state index is 13.6. The zero-order chi connectivity index (χ0) is 25.1. The van der Waals surface area contributed by atoms with E-state index in [1.165, 1.54) is 0 Å². The Kier molecular flexibility index (Phi) is 4.77. The van der Waals surface area contributed by atoms with Crippen molar-refractivity contribution in [3.63, 3.8) is 0 Å². The van der Waals surface area contributed by atoms with Gasteiger partial charge in [-0.3, -0.25) is 4.79 Å². The quantitative estimate of drug-likeness (QED) is 0.335. The Hall–Kier alpha value is -4.69. The van der Waals surface area contributed by atoms with Crippen LogP contribution in [0.3, 0.4) is 0 Å². The van der Waals surface area contributed by atoms with Crippen molar-refractivity contribution in [1.82, 2.24) is 24.6 Å². The van der Waals surface area contributed by atoms with E-state index in [4.69, 9.17) is 26.1 Å². The van der Waals surface area contributed by atoms with E-state index >= 15 is 0 Å². The van der Waals surface area contributed by atoms with Crippen molar-refractivity contribution < 1.29 is 9.47 Å². The van der Waals surface area contributed by atoms with Crippen LogP contribution in [0.5, 0.6) is 17.4 Å². The number of nitrogens with one attached hydrogen (secondary N) is 1. The molecule has 0 saturated heterocycles. The minimum atomic E-state index is -0.518. The van der Waals surface area contributed by atoms with Crippen LogP contribution >= 0.6 is 11.6 Å². The molecule has 1 atom stereocenters. The molecule has 180 valence electrons. The number of methoxy groups -OCH3 is 1. The lowest BCUT2D eigenvalue weighted by atomic mass is 9.84. The van der Waals surface area contributed by atoms with Gasteiger partial charge in [0.05, 0.1) is 29.7 Å². The maximum atomic E-state index is 13.6. The number of aromatic amines is 1. The summed E-state index contributed by atoms with van der Waals surface area (Å²) >= 11 is 6.21. The molecule has 1 aliphatic rings. The second-order valence-electron chi connectivity index (χ2n) is 8.73. The molecule has 8 nitrogen and oxygen atoms in total. The highest BCUT2D eigenvalue weighted by Crippen LogP contribution is 2.48. The zero-order valence-corrected chi connectivity index (χ0v) is 20.2. The predicted molar refractivity (Wildman–Crippen MR) is 140 cm³/mol. The summed E-state index contributed by atoms with van der Waals surface area (Å²) in [5.74, 6) is 1.49. The minimum Gasteiger partial charge on any atom is -0.497 e. The van der Waals surface area contributed by atoms with Gasteiger partial charge in [-0.25, -0.2) is 14.5 Å². The van der Waals surface area contributed by atoms with Gasteiger partial charge in [0.1, 0.15) is 17.8 Å². The van der Waals surface area contributed by atoms with Gasteiger partial charge >= 0.3 is 0 Å². The third kappa shape index (κ3) is 3.37. The fraction of sp³-hybridized carbons (Fsp3) is 0.0714. The van der Waals surface area contributed by atoms with Crippen LogP contribution in [0.25, 0.3) is 27.9 Å². The average Bonchev–Trinajstić information content (AvgIpc) is 3.37. The highest BCUT2D eigenvalue weighted by Gasteiger charge is 2.36. The Labute approximate surface area is 215 Å². The number of pyridine rings is 1. The zero-order valence-electron chi connectivity index (χ0n) is 19.5. The van der Waals surface area contributed by atoms with Crippen molar-refractivity contribution in [2.45, 2.75) is 5.92 Å². The number of halogens is 1. The van der Waals surface area contributed by atoms with Gasteiger partial charge in [0.15, 0.2) is 11.5 Å². The molecule has 3 aromatic carbocycles. The summed E-state index contributed by atoms with van der Waals surface area (Å²) in [5, 5.41) is 5.99. The van der Waals surface area contributed by atoms with Crippen LogP contribution in [0.2, 0.25) is 5.02 Å². The van der Waals surface area contributed by atoms with Gasteiger partial charge in [0.25, 0.3) is 5.56 Å². The third-order valence-electron chi connectivity index (χ3n) is 6.61. The van der Waals surface area contributed by atoms with Gasteiger partial charge < -0.3 is 14.5 Å². The first kappa shape index (κ1) is 21.6. The molecule has 3 aromatic heterocycles. The summed E-state index contributed by atoms with van der Waals surface area (Å²) in [7, 11) is 1.58. The Balaban J connectivity index is 1.54. The maximum Gasteiger partial charge on any atom is 0.256 e. The number of fused-ring (bicyclic) bond motifs is 6. The van der Waals surface area contributed by atoms with Crippen molar-refractivity contribution in [2.75, 3.05) is 7.11 Å². The first-order valence-electron chi connectivity index (χ1n) is 11.6. The van der Waals surface area contributed by atoms with Gasteiger partial charge in [-0.2, -0.15) is 0 Å². The fourth-order valence-electron chi connectivity index (χ4n) is 4.89. The van der Waals surface area contributed by atoms with E-state index in [-0.39, 0.29) is 5.56 Å². The van der Waals surface area contributed by atoms with Crippen LogP contribution in [0.15, 0.2) is 83.9 Å². The van der Waals surface area contributed by atoms with Crippen LogP contribution in [0, 0.1) is 0 Å². The number of H-pyrrole nitrogens is 1. The van der Waals surface area contributed by atoms with Crippen molar-refractivity contribution in [2.24, 2.45) is 0 Å². The lowest BCUT2D eigenvalue weighted by molar-refractivity contribution is 0.415. The Morgan fingerprint density at radius 1 is 1.03 bits per heavy atom. The molecule has 1 N–H and O–H groups in total. The van der Waals surface area contributed by atoms with Gasteiger partial charge in [0, 0.05) is 22.0 Å². The third-order valence-corrected chi connectivity index (χ3v) is 6.86. The lowest BCUT2D eigenvalue weighted by Crippen LogP contribution is -2.24. The topological polar surface area (TPSA) is 94.4 Å². The van der Waals surface area contributed by atoms with Crippen molar-refractivity contribution in [1.29, 1.82) is 0 Å². The number of ether oxygens (including phenoxy) is 2. The van der Waals surface area contributed by atoms with Crippen LogP contribution in [-0.2, 0) is 0 Å². The smallest absolute Gasteiger partial charge is 0.256 e. The summed E-state index contributed by atoms with van der Waals surface area (Å²) in [6.07, 6.45) is 1.58. The van der Waals surface area contributed by atoms with Crippen LogP contribution < -0.4 is 15.0 Å². The van der Waals surface area contributed by atoms with Crippen molar-refractivity contribution in [3.05, 3.63) is 111 Å². The molecule has 0 fully saturated rings. The summed E-state index contributed by atoms with van der Waals surface area (Å²) in [4.78, 5) is 26.1. The number of benzene rings is 3. The molecule has 0 spiro atoms. The molecule has 1 unspecified atom stereocenters. The molecular weight excluding hydrogens is 490 g/mol. The largest absolute Gasteiger partial charge is 0.497 e. The molecule has 0 radical (unpaired) electrons. The van der Waals surface area contributed by atoms with E-state index in [0.29, 0.717) is 50.5 Å². The summed E-state index contributed by atoms with van der Waals surface area (Å²) in [5.41, 5.74) is 3.74. The van der Waals surface area contributed by atoms with E-state index in [2.05, 4.69) is 15.1 Å². The molecule has 0 aliphatic carbocycles. The average molecular weight is 508 g/mol. The number of nitrogens with zero attached hydrogens (tertiary/aromatic N) is 4. The first-order chi connectivity index (χ1) is 18.1. The molecule has 6 aromatic rings. The van der Waals surface area contributed by atoms with Crippen LogP contribution in [0.1, 0.15) is 22.6 Å². The Morgan fingerprint density at radius 2 is 1.84 bits per heavy atom. The molecule has 9 heteroatoms. The number of hydrogen-bond donors (Lipinski definition) is 1. The minimum absolute atomic E-state index is 0.272. The molecular formula is C28H18ClN5O3. The molecule has 7 rings (SSSR count). The van der Waals surface area contributed by atoms with E-state index in [0.717, 1.165) is 16.5 Å². The van der Waals surface area contributed by atoms with E-state index < -0.39 is 5.92 Å². The van der Waals surface area contributed by atoms with Crippen molar-refractivity contribution >= 4 is 28.2 Å². The van der Waals surface area contributed by atoms with Gasteiger partial charge in [-0.15, -0.1) is 5.10 Å². The second kappa shape index (κ2) is 8.18. The standard InChI is InChI=1S/C28H18ClN5O3/c1-36-18-11-12-19-20(13-18)31-27(35)22-21(15-7-9-17(29)10-8-15)23-26-32-25(16-5-3-2-4-6-16)33-34(26)14-30-28(23)37-24(19)22/h2-14,21H,1H3,(H,31,35). The van der Waals surface area contributed by atoms with E-state index in [1.54, 1.807) is 36.2 Å². The Morgan fingerprint density at radius 3 is 2.62 bits per heavy atom. The highest BCUT2D eigenvalue weighted by atomic mass is 35.5. The summed E-state index contributed by atoms with van der Waals surface area (Å²) in [6.45, 7) is 0. The normalized spacial score (nSPS) is 14.3. The molecule has 37 heavy (non-hydrogen) atoms. The molecule has 0 amide bonds. The SMILES string of the molecule is COc1ccc2c3c(c(=O)[nH]c2c1)C(c1ccc(Cl)cc1)c1c(ncn2nc(-c4ccccc4)nc12)O3. The lowest BCUT2D eigenvalue weighted by Gasteiger charge is -2.28. The predicted octanol–water partition coefficient (Wildman–Crippen LogP) is 5.58.